The van der Waals surface area contributed by atoms with Gasteiger partial charge in [0, 0.05) is 55.6 Å². The largest absolute Gasteiger partial charge is 0.357 e. The lowest BCUT2D eigenvalue weighted by Gasteiger charge is -2.39. The first-order valence-electron chi connectivity index (χ1n) is 8.15. The number of nitrogens with one attached hydrogen (secondary N) is 1. The summed E-state index contributed by atoms with van der Waals surface area (Å²) >= 11 is 2.05. The average Bonchev–Trinajstić information content (AvgIpc) is 2.95. The lowest BCUT2D eigenvalue weighted by atomic mass is 10.2. The first-order valence-corrected chi connectivity index (χ1v) is 9.13. The average molecular weight is 451 g/mol. The van der Waals surface area contributed by atoms with E-state index in [4.69, 9.17) is 4.99 Å². The zero-order valence-corrected chi connectivity index (χ0v) is 17.8. The van der Waals surface area contributed by atoms with Gasteiger partial charge in [-0.3, -0.25) is 9.67 Å². The molecule has 1 unspecified atom stereocenters. The second kappa shape index (κ2) is 9.76. The lowest BCUT2D eigenvalue weighted by molar-refractivity contribution is 0.373. The molecule has 1 aromatic rings. The molecule has 2 heterocycles. The molecule has 2 rings (SSSR count). The summed E-state index contributed by atoms with van der Waals surface area (Å²) in [4.78, 5) is 7.27. The van der Waals surface area contributed by atoms with Crippen LogP contribution in [0.25, 0.3) is 0 Å². The molecule has 0 saturated carbocycles. The molecule has 7 heteroatoms. The molecule has 0 amide bonds. The summed E-state index contributed by atoms with van der Waals surface area (Å²) in [5, 5.41) is 7.72. The van der Waals surface area contributed by atoms with Crippen LogP contribution in [0.5, 0.6) is 0 Å². The van der Waals surface area contributed by atoms with Gasteiger partial charge in [-0.1, -0.05) is 6.92 Å². The summed E-state index contributed by atoms with van der Waals surface area (Å²) in [6.07, 6.45) is 3.84. The van der Waals surface area contributed by atoms with Crippen molar-refractivity contribution < 1.29 is 0 Å². The summed E-state index contributed by atoms with van der Waals surface area (Å²) in [5.41, 5.74) is 0. The molecular formula is C16H30IN5S. The standard InChI is InChI=1S/C16H29N5S.HI/c1-5-17-15(20-9-10-22-16(3,4)13-20)18-11-14(2)12-21-8-6-7-19-21;/h6-8,14H,5,9-13H2,1-4H3,(H,17,18);1H. The Morgan fingerprint density at radius 1 is 1.48 bits per heavy atom. The van der Waals surface area contributed by atoms with Crippen LogP contribution in [-0.4, -0.2) is 57.3 Å². The van der Waals surface area contributed by atoms with E-state index in [1.807, 2.05) is 23.1 Å². The molecule has 23 heavy (non-hydrogen) atoms. The monoisotopic (exact) mass is 451 g/mol. The Morgan fingerprint density at radius 2 is 2.26 bits per heavy atom. The van der Waals surface area contributed by atoms with E-state index in [-0.39, 0.29) is 24.0 Å². The molecule has 0 radical (unpaired) electrons. The van der Waals surface area contributed by atoms with Crippen LogP contribution in [0.2, 0.25) is 0 Å². The first-order chi connectivity index (χ1) is 10.5. The third-order valence-electron chi connectivity index (χ3n) is 3.67. The van der Waals surface area contributed by atoms with Gasteiger partial charge in [0.05, 0.1) is 0 Å². The number of rotatable bonds is 5. The van der Waals surface area contributed by atoms with E-state index < -0.39 is 0 Å². The van der Waals surface area contributed by atoms with Crippen molar-refractivity contribution in [3.8, 4) is 0 Å². The van der Waals surface area contributed by atoms with Gasteiger partial charge in [-0.2, -0.15) is 16.9 Å². The smallest absolute Gasteiger partial charge is 0.193 e. The Morgan fingerprint density at radius 3 is 2.87 bits per heavy atom. The van der Waals surface area contributed by atoms with Crippen molar-refractivity contribution in [3.63, 3.8) is 0 Å². The normalized spacial score (nSPS) is 19.1. The number of thioether (sulfide) groups is 1. The summed E-state index contributed by atoms with van der Waals surface area (Å²) in [5.74, 6) is 2.70. The van der Waals surface area contributed by atoms with E-state index in [9.17, 15) is 0 Å². The predicted octanol–water partition coefficient (Wildman–Crippen LogP) is 2.93. The van der Waals surface area contributed by atoms with E-state index in [1.54, 1.807) is 0 Å². The molecule has 1 N–H and O–H groups in total. The van der Waals surface area contributed by atoms with Crippen molar-refractivity contribution in [2.75, 3.05) is 31.9 Å². The highest BCUT2D eigenvalue weighted by atomic mass is 127. The summed E-state index contributed by atoms with van der Waals surface area (Å²) in [6, 6.07) is 1.97. The number of hydrogen-bond acceptors (Lipinski definition) is 3. The molecule has 0 aromatic carbocycles. The van der Waals surface area contributed by atoms with Gasteiger partial charge in [-0.25, -0.2) is 0 Å². The third kappa shape index (κ3) is 6.91. The molecule has 0 bridgehead atoms. The van der Waals surface area contributed by atoms with Crippen LogP contribution in [0.15, 0.2) is 23.5 Å². The van der Waals surface area contributed by atoms with Crippen molar-refractivity contribution in [1.29, 1.82) is 0 Å². The highest BCUT2D eigenvalue weighted by Gasteiger charge is 2.28. The van der Waals surface area contributed by atoms with Gasteiger partial charge in [0.15, 0.2) is 5.96 Å². The molecular weight excluding hydrogens is 421 g/mol. The maximum Gasteiger partial charge on any atom is 0.193 e. The molecule has 132 valence electrons. The third-order valence-corrected chi connectivity index (χ3v) is 4.97. The Kier molecular flexibility index (Phi) is 8.74. The molecule has 5 nitrogen and oxygen atoms in total. The minimum atomic E-state index is 0. The number of hydrogen-bond donors (Lipinski definition) is 1. The Labute approximate surface area is 161 Å². The Balaban J connectivity index is 0.00000264. The van der Waals surface area contributed by atoms with Crippen LogP contribution in [0, 0.1) is 5.92 Å². The quantitative estimate of drug-likeness (QED) is 0.425. The van der Waals surface area contributed by atoms with Crippen molar-refractivity contribution in [2.45, 2.75) is 39.0 Å². The molecule has 1 atom stereocenters. The van der Waals surface area contributed by atoms with Gasteiger partial charge < -0.3 is 10.2 Å². The van der Waals surface area contributed by atoms with Crippen LogP contribution in [0.3, 0.4) is 0 Å². The molecule has 1 aliphatic rings. The Hall–Kier alpha value is -0.440. The predicted molar refractivity (Wildman–Crippen MR) is 111 cm³/mol. The SMILES string of the molecule is CCNC(=NCC(C)Cn1cccn1)N1CCSC(C)(C)C1.I. The van der Waals surface area contributed by atoms with E-state index in [0.29, 0.717) is 10.7 Å². The van der Waals surface area contributed by atoms with Crippen molar-refractivity contribution in [3.05, 3.63) is 18.5 Å². The summed E-state index contributed by atoms with van der Waals surface area (Å²) in [7, 11) is 0. The van der Waals surface area contributed by atoms with Crippen molar-refractivity contribution >= 4 is 41.7 Å². The molecule has 1 fully saturated rings. The van der Waals surface area contributed by atoms with Gasteiger partial charge in [-0.05, 0) is 32.8 Å². The molecule has 1 saturated heterocycles. The minimum Gasteiger partial charge on any atom is -0.357 e. The maximum atomic E-state index is 4.86. The topological polar surface area (TPSA) is 45.5 Å². The van der Waals surface area contributed by atoms with E-state index in [1.165, 1.54) is 5.75 Å². The van der Waals surface area contributed by atoms with Crippen LogP contribution in [0.1, 0.15) is 27.7 Å². The van der Waals surface area contributed by atoms with Gasteiger partial charge in [0.1, 0.15) is 0 Å². The number of guanidine groups is 1. The van der Waals surface area contributed by atoms with Crippen molar-refractivity contribution in [2.24, 2.45) is 10.9 Å². The van der Waals surface area contributed by atoms with E-state index in [2.05, 4.69) is 54.8 Å². The first kappa shape index (κ1) is 20.6. The van der Waals surface area contributed by atoms with Crippen LogP contribution in [-0.2, 0) is 6.54 Å². The molecule has 1 aliphatic heterocycles. The minimum absolute atomic E-state index is 0. The maximum absolute atomic E-state index is 4.86. The Bertz CT molecular complexity index is 475. The van der Waals surface area contributed by atoms with Gasteiger partial charge in [0.25, 0.3) is 0 Å². The summed E-state index contributed by atoms with van der Waals surface area (Å²) in [6.45, 7) is 13.8. The van der Waals surface area contributed by atoms with Crippen LogP contribution >= 0.6 is 35.7 Å². The summed E-state index contributed by atoms with van der Waals surface area (Å²) < 4.78 is 2.28. The second-order valence-electron chi connectivity index (χ2n) is 6.56. The number of halogens is 1. The van der Waals surface area contributed by atoms with Gasteiger partial charge >= 0.3 is 0 Å². The molecule has 0 aliphatic carbocycles. The molecule has 1 aromatic heterocycles. The number of aliphatic imine (C=N–C) groups is 1. The van der Waals surface area contributed by atoms with Crippen LogP contribution in [0.4, 0.5) is 0 Å². The fourth-order valence-corrected chi connectivity index (χ4v) is 3.76. The van der Waals surface area contributed by atoms with Gasteiger partial charge in [-0.15, -0.1) is 24.0 Å². The van der Waals surface area contributed by atoms with Gasteiger partial charge in [0.2, 0.25) is 0 Å². The lowest BCUT2D eigenvalue weighted by Crippen LogP contribution is -2.51. The highest BCUT2D eigenvalue weighted by molar-refractivity contribution is 14.0. The van der Waals surface area contributed by atoms with Crippen LogP contribution < -0.4 is 5.32 Å². The molecule has 0 spiro atoms. The number of aromatic nitrogens is 2. The van der Waals surface area contributed by atoms with E-state index >= 15 is 0 Å². The zero-order chi connectivity index (χ0) is 16.0. The second-order valence-corrected chi connectivity index (χ2v) is 8.36. The van der Waals surface area contributed by atoms with E-state index in [0.717, 1.165) is 38.7 Å². The zero-order valence-electron chi connectivity index (χ0n) is 14.7. The van der Waals surface area contributed by atoms with Crippen molar-refractivity contribution in [1.82, 2.24) is 20.0 Å². The fraction of sp³-hybridized carbons (Fsp3) is 0.750. The fourth-order valence-electron chi connectivity index (χ4n) is 2.65. The highest BCUT2D eigenvalue weighted by Crippen LogP contribution is 2.29. The number of nitrogens with zero attached hydrogens (tertiary/aromatic N) is 4.